The summed E-state index contributed by atoms with van der Waals surface area (Å²) in [6.45, 7) is 0.809. The number of fused-ring (bicyclic) bond motifs is 1. The molecule has 0 saturated heterocycles. The van der Waals surface area contributed by atoms with E-state index in [1.54, 1.807) is 18.3 Å². The average molecular weight is 469 g/mol. The maximum atomic E-state index is 14.6. The van der Waals surface area contributed by atoms with Crippen LogP contribution >= 0.6 is 0 Å². The van der Waals surface area contributed by atoms with Crippen molar-refractivity contribution in [2.24, 2.45) is 0 Å². The van der Waals surface area contributed by atoms with Crippen LogP contribution in [0.4, 0.5) is 18.9 Å². The van der Waals surface area contributed by atoms with Gasteiger partial charge in [-0.25, -0.2) is 18.2 Å². The Hall–Kier alpha value is -3.92. The fraction of sp³-hybridized carbons (Fsp3) is 0.208. The van der Waals surface area contributed by atoms with E-state index < -0.39 is 25.0 Å². The quantitative estimate of drug-likeness (QED) is 0.383. The lowest BCUT2D eigenvalue weighted by Crippen LogP contribution is -2.37. The maximum Gasteiger partial charge on any atom is 0.255 e. The van der Waals surface area contributed by atoms with Crippen molar-refractivity contribution in [3.05, 3.63) is 84.2 Å². The van der Waals surface area contributed by atoms with Crippen LogP contribution in [0, 0.1) is 5.82 Å². The van der Waals surface area contributed by atoms with Crippen LogP contribution in [0.15, 0.2) is 67.3 Å². The van der Waals surface area contributed by atoms with Crippen molar-refractivity contribution in [3.8, 4) is 11.3 Å². The largest absolute Gasteiger partial charge is 0.374 e. The number of aliphatic hydroxyl groups is 1. The van der Waals surface area contributed by atoms with Crippen LogP contribution in [0.25, 0.3) is 16.9 Å². The normalized spacial score (nSPS) is 12.2. The lowest BCUT2D eigenvalue weighted by molar-refractivity contribution is 0.0950. The average Bonchev–Trinajstić information content (AvgIpc) is 3.29. The van der Waals surface area contributed by atoms with E-state index in [4.69, 9.17) is 0 Å². The molecule has 3 aromatic heterocycles. The predicted octanol–water partition coefficient (Wildman–Crippen LogP) is 3.88. The van der Waals surface area contributed by atoms with E-state index in [1.165, 1.54) is 25.3 Å². The Balaban J connectivity index is 1.44. The Morgan fingerprint density at radius 1 is 1.18 bits per heavy atom. The minimum absolute atomic E-state index is 0.135. The van der Waals surface area contributed by atoms with Crippen LogP contribution in [-0.4, -0.2) is 44.6 Å². The summed E-state index contributed by atoms with van der Waals surface area (Å²) in [5, 5.41) is 12.6. The Kier molecular flexibility index (Phi) is 6.78. The van der Waals surface area contributed by atoms with Crippen molar-refractivity contribution in [3.63, 3.8) is 0 Å². The monoisotopic (exact) mass is 469 g/mol. The Morgan fingerprint density at radius 3 is 2.68 bits per heavy atom. The number of benzene rings is 1. The molecule has 1 amide bonds. The number of carbonyl (C=O) groups excluding carboxylic acids is 1. The molecule has 0 spiro atoms. The highest BCUT2D eigenvalue weighted by molar-refractivity contribution is 5.94. The summed E-state index contributed by atoms with van der Waals surface area (Å²) in [5.74, 6) is -1.08. The zero-order valence-electron chi connectivity index (χ0n) is 18.2. The van der Waals surface area contributed by atoms with E-state index >= 15 is 0 Å². The first kappa shape index (κ1) is 23.2. The summed E-state index contributed by atoms with van der Waals surface area (Å²) in [7, 11) is 0. The summed E-state index contributed by atoms with van der Waals surface area (Å²) in [5.41, 5.74) is 2.73. The Morgan fingerprint density at radius 2 is 2.00 bits per heavy atom. The molecule has 4 rings (SSSR count). The van der Waals surface area contributed by atoms with E-state index in [1.807, 2.05) is 28.9 Å². The number of anilines is 1. The summed E-state index contributed by atoms with van der Waals surface area (Å²) >= 11 is 0. The molecule has 176 valence electrons. The van der Waals surface area contributed by atoms with Crippen molar-refractivity contribution in [2.75, 3.05) is 11.4 Å². The molecular weight excluding hydrogens is 447 g/mol. The second-order valence-corrected chi connectivity index (χ2v) is 7.69. The van der Waals surface area contributed by atoms with E-state index in [2.05, 4.69) is 15.3 Å². The number of carbonyl (C=O) groups is 1. The van der Waals surface area contributed by atoms with Gasteiger partial charge in [-0.15, -0.1) is 0 Å². The molecule has 0 radical (unpaired) electrons. The second kappa shape index (κ2) is 9.92. The van der Waals surface area contributed by atoms with Gasteiger partial charge in [-0.2, -0.15) is 0 Å². The van der Waals surface area contributed by atoms with Crippen LogP contribution in [0.3, 0.4) is 0 Å². The van der Waals surface area contributed by atoms with Crippen molar-refractivity contribution in [2.45, 2.75) is 26.1 Å². The Labute approximate surface area is 193 Å². The van der Waals surface area contributed by atoms with Crippen LogP contribution in [0.1, 0.15) is 22.8 Å². The lowest BCUT2D eigenvalue weighted by Gasteiger charge is -2.27. The summed E-state index contributed by atoms with van der Waals surface area (Å²) < 4.78 is 42.1. The topological polar surface area (TPSA) is 82.8 Å². The maximum absolute atomic E-state index is 14.6. The fourth-order valence-corrected chi connectivity index (χ4v) is 3.55. The number of imidazole rings is 1. The third-order valence-corrected chi connectivity index (χ3v) is 5.27. The standard InChI is InChI=1S/C24H22F3N5O2/c1-15(33)32(14-22(26)27)21-6-4-17(10-19(21)25)20-5-3-18(12-29-20)24(34)30-11-16-2-7-23-28-8-9-31(23)13-16/h2-10,12-13,15,22,33H,11,14H2,1H3,(H,30,34). The number of nitrogens with zero attached hydrogens (tertiary/aromatic N) is 4. The van der Waals surface area contributed by atoms with Crippen molar-refractivity contribution in [1.29, 1.82) is 0 Å². The zero-order chi connectivity index (χ0) is 24.2. The number of amides is 1. The first-order valence-electron chi connectivity index (χ1n) is 10.5. The fourth-order valence-electron chi connectivity index (χ4n) is 3.55. The Bertz CT molecular complexity index is 1290. The SMILES string of the molecule is CC(O)N(CC(F)F)c1ccc(-c2ccc(C(=O)NCc3ccc4nccn4c3)cn2)cc1F. The van der Waals surface area contributed by atoms with Gasteiger partial charge in [-0.3, -0.25) is 9.78 Å². The smallest absolute Gasteiger partial charge is 0.255 e. The number of alkyl halides is 2. The molecule has 4 aromatic rings. The molecule has 2 N–H and O–H groups in total. The molecule has 0 aliphatic rings. The first-order chi connectivity index (χ1) is 16.3. The molecule has 0 saturated carbocycles. The molecular formula is C24H22F3N5O2. The van der Waals surface area contributed by atoms with Gasteiger partial charge in [-0.05, 0) is 42.8 Å². The number of hydrogen-bond donors (Lipinski definition) is 2. The van der Waals surface area contributed by atoms with E-state index in [0.29, 0.717) is 23.4 Å². The predicted molar refractivity (Wildman–Crippen MR) is 121 cm³/mol. The lowest BCUT2D eigenvalue weighted by atomic mass is 10.1. The number of rotatable bonds is 8. The van der Waals surface area contributed by atoms with E-state index in [9.17, 15) is 23.1 Å². The second-order valence-electron chi connectivity index (χ2n) is 7.69. The van der Waals surface area contributed by atoms with Crippen molar-refractivity contribution < 1.29 is 23.1 Å². The summed E-state index contributed by atoms with van der Waals surface area (Å²) in [6.07, 6.45) is 2.75. The van der Waals surface area contributed by atoms with Crippen LogP contribution in [-0.2, 0) is 6.54 Å². The van der Waals surface area contributed by atoms with Gasteiger partial charge in [0.25, 0.3) is 12.3 Å². The zero-order valence-corrected chi connectivity index (χ0v) is 18.2. The number of nitrogens with one attached hydrogen (secondary N) is 1. The van der Waals surface area contributed by atoms with Gasteiger partial charge in [0.1, 0.15) is 17.7 Å². The number of hydrogen-bond acceptors (Lipinski definition) is 5. The highest BCUT2D eigenvalue weighted by Crippen LogP contribution is 2.27. The number of aliphatic hydroxyl groups excluding tert-OH is 1. The summed E-state index contributed by atoms with van der Waals surface area (Å²) in [6, 6.07) is 10.9. The van der Waals surface area contributed by atoms with Gasteiger partial charge in [0.05, 0.1) is 23.5 Å². The number of pyridine rings is 2. The molecule has 1 aromatic carbocycles. The molecule has 1 unspecified atom stereocenters. The van der Waals surface area contributed by atoms with Crippen LogP contribution in [0.2, 0.25) is 0 Å². The molecule has 7 nitrogen and oxygen atoms in total. The minimum atomic E-state index is -2.73. The molecule has 3 heterocycles. The van der Waals surface area contributed by atoms with Crippen LogP contribution in [0.5, 0.6) is 0 Å². The number of aromatic nitrogens is 3. The van der Waals surface area contributed by atoms with Crippen LogP contribution < -0.4 is 10.2 Å². The molecule has 10 heteroatoms. The van der Waals surface area contributed by atoms with Gasteiger partial charge in [-0.1, -0.05) is 12.1 Å². The summed E-state index contributed by atoms with van der Waals surface area (Å²) in [4.78, 5) is 21.8. The van der Waals surface area contributed by atoms with Gasteiger partial charge >= 0.3 is 0 Å². The van der Waals surface area contributed by atoms with E-state index in [0.717, 1.165) is 22.2 Å². The van der Waals surface area contributed by atoms with Gasteiger partial charge in [0, 0.05) is 36.9 Å². The van der Waals surface area contributed by atoms with Crippen molar-refractivity contribution in [1.82, 2.24) is 19.7 Å². The first-order valence-corrected chi connectivity index (χ1v) is 10.5. The molecule has 0 aliphatic carbocycles. The van der Waals surface area contributed by atoms with Gasteiger partial charge < -0.3 is 19.7 Å². The molecule has 0 aliphatic heterocycles. The number of halogens is 3. The highest BCUT2D eigenvalue weighted by Gasteiger charge is 2.20. The molecule has 34 heavy (non-hydrogen) atoms. The van der Waals surface area contributed by atoms with Gasteiger partial charge in [0.2, 0.25) is 0 Å². The third-order valence-electron chi connectivity index (χ3n) is 5.27. The molecule has 0 bridgehead atoms. The minimum Gasteiger partial charge on any atom is -0.374 e. The van der Waals surface area contributed by atoms with Crippen molar-refractivity contribution >= 4 is 17.2 Å². The highest BCUT2D eigenvalue weighted by atomic mass is 19.3. The third kappa shape index (κ3) is 5.18. The van der Waals surface area contributed by atoms with E-state index in [-0.39, 0.29) is 11.6 Å². The molecule has 0 fully saturated rings. The van der Waals surface area contributed by atoms with Gasteiger partial charge in [0.15, 0.2) is 0 Å². The molecule has 1 atom stereocenters.